The van der Waals surface area contributed by atoms with Gasteiger partial charge in [0.15, 0.2) is 0 Å². The molecule has 470 valence electrons. The minimum atomic E-state index is -0.931. The molecular weight excluding hydrogens is 1090 g/mol. The van der Waals surface area contributed by atoms with E-state index in [1.807, 2.05) is 102 Å². The molecule has 0 radical (unpaired) electrons. The van der Waals surface area contributed by atoms with Crippen molar-refractivity contribution in [3.05, 3.63) is 72.4 Å². The summed E-state index contributed by atoms with van der Waals surface area (Å²) in [5.74, 6) is -5.66. The summed E-state index contributed by atoms with van der Waals surface area (Å²) < 4.78 is 43.7. The molecular formula is C61H91N3O20. The summed E-state index contributed by atoms with van der Waals surface area (Å²) in [6.45, 7) is 11.1. The van der Waals surface area contributed by atoms with E-state index in [4.69, 9.17) is 33.5 Å². The molecule has 10 atom stereocenters. The zero-order valence-electron chi connectivity index (χ0n) is 50.9. The number of carboxylic acids is 1. The average molecular weight is 1190 g/mol. The molecule has 2 fully saturated rings. The number of aliphatic carboxylic acids is 1. The maximum Gasteiger partial charge on any atom is 0.407 e. The van der Waals surface area contributed by atoms with Gasteiger partial charge in [-0.2, -0.15) is 0 Å². The van der Waals surface area contributed by atoms with Gasteiger partial charge >= 0.3 is 60.1 Å². The van der Waals surface area contributed by atoms with Gasteiger partial charge < -0.3 is 63.7 Å². The maximum absolute atomic E-state index is 11.8. The molecule has 0 saturated heterocycles. The molecule has 3 amide bonds. The van der Waals surface area contributed by atoms with E-state index in [2.05, 4.69) is 30.2 Å². The number of allylic oxidation sites excluding steroid dienone is 5. The number of ether oxygens (including phenoxy) is 9. The second kappa shape index (κ2) is 37.7. The lowest BCUT2D eigenvalue weighted by atomic mass is 9.83. The first kappa shape index (κ1) is 72.6. The van der Waals surface area contributed by atoms with Crippen LogP contribution in [-0.2, 0) is 82.8 Å². The monoisotopic (exact) mass is 1190 g/mol. The lowest BCUT2D eigenvalue weighted by molar-refractivity contribution is -0.157. The average Bonchev–Trinajstić information content (AvgIpc) is 3.56. The van der Waals surface area contributed by atoms with Gasteiger partial charge in [0, 0.05) is 18.1 Å². The van der Waals surface area contributed by atoms with E-state index in [-0.39, 0.29) is 72.3 Å². The first-order valence-electron chi connectivity index (χ1n) is 28.3. The summed E-state index contributed by atoms with van der Waals surface area (Å²) in [5, 5.41) is 17.1. The number of methoxy groups -OCH3 is 6. The fourth-order valence-electron chi connectivity index (χ4n) is 9.83. The lowest BCUT2D eigenvalue weighted by Gasteiger charge is -2.31. The van der Waals surface area contributed by atoms with Gasteiger partial charge in [-0.25, -0.2) is 14.4 Å². The number of amides is 3. The highest BCUT2D eigenvalue weighted by atomic mass is 16.6. The van der Waals surface area contributed by atoms with Crippen LogP contribution in [0.4, 0.5) is 14.4 Å². The van der Waals surface area contributed by atoms with E-state index in [0.717, 1.165) is 56.9 Å². The van der Waals surface area contributed by atoms with Crippen LogP contribution in [0.25, 0.3) is 0 Å². The van der Waals surface area contributed by atoms with Crippen LogP contribution in [0, 0.1) is 41.4 Å². The van der Waals surface area contributed by atoms with E-state index in [1.165, 1.54) is 42.7 Å². The number of nitrogens with one attached hydrogen (secondary N) is 3. The van der Waals surface area contributed by atoms with Gasteiger partial charge in [-0.1, -0.05) is 92.5 Å². The summed E-state index contributed by atoms with van der Waals surface area (Å²) >= 11 is 0. The number of esters is 6. The third-order valence-electron chi connectivity index (χ3n) is 14.1. The number of hydrogen-bond acceptors (Lipinski definition) is 19. The smallest absolute Gasteiger partial charge is 0.407 e. The Labute approximate surface area is 494 Å². The van der Waals surface area contributed by atoms with Crippen molar-refractivity contribution in [1.82, 2.24) is 16.0 Å². The summed E-state index contributed by atoms with van der Waals surface area (Å²) in [5.41, 5.74) is -0.139. The molecule has 5 aliphatic rings. The third kappa shape index (κ3) is 26.8. The molecule has 23 heteroatoms. The number of hydrogen-bond donors (Lipinski definition) is 4. The van der Waals surface area contributed by atoms with Gasteiger partial charge in [-0.15, -0.1) is 0 Å². The molecule has 0 aromatic heterocycles. The highest BCUT2D eigenvalue weighted by molar-refractivity contribution is 5.83. The largest absolute Gasteiger partial charge is 0.481 e. The van der Waals surface area contributed by atoms with Crippen LogP contribution >= 0.6 is 0 Å². The van der Waals surface area contributed by atoms with E-state index in [0.29, 0.717) is 38.5 Å². The van der Waals surface area contributed by atoms with Gasteiger partial charge in [-0.05, 0) is 111 Å². The summed E-state index contributed by atoms with van der Waals surface area (Å²) in [7, 11) is 8.04. The number of carbonyl (C=O) groups is 10. The van der Waals surface area contributed by atoms with E-state index in [9.17, 15) is 47.9 Å². The number of rotatable bonds is 12. The first-order valence-corrected chi connectivity index (χ1v) is 28.3. The second-order valence-electron chi connectivity index (χ2n) is 22.4. The van der Waals surface area contributed by atoms with Crippen LogP contribution in [0.2, 0.25) is 0 Å². The molecule has 1 aromatic rings. The number of benzene rings is 1. The van der Waals surface area contributed by atoms with E-state index < -0.39 is 65.1 Å². The van der Waals surface area contributed by atoms with Crippen LogP contribution in [0.15, 0.2) is 66.8 Å². The third-order valence-corrected chi connectivity index (χ3v) is 14.1. The second-order valence-corrected chi connectivity index (χ2v) is 22.4. The first-order chi connectivity index (χ1) is 39.7. The topological polar surface area (TPSA) is 310 Å². The zero-order chi connectivity index (χ0) is 63.0. The van der Waals surface area contributed by atoms with Gasteiger partial charge in [0.2, 0.25) is 0 Å². The predicted molar refractivity (Wildman–Crippen MR) is 306 cm³/mol. The lowest BCUT2D eigenvalue weighted by Crippen LogP contribution is -2.47. The predicted octanol–water partition coefficient (Wildman–Crippen LogP) is 8.65. The fraction of sp³-hybridized carbons (Fsp3) is 0.639. The molecule has 0 heterocycles. The Balaban J connectivity index is 0.000000362. The molecule has 0 aliphatic heterocycles. The Kier molecular flexibility index (Phi) is 32.6. The molecule has 84 heavy (non-hydrogen) atoms. The standard InChI is InChI=1S/C16H19NO4.2C13H23NO4.C10H14O4.C9H12O4/c1-20-15(18)13-9-5-6-10-14(13)17-16(19)21-11-12-7-3-2-4-8-12;2*1-13(2,3)18-12(16)14-10-8-6-5-7-9(10)11(15)17-4;1-13-9(11)7-5-3-4-6-8(7)10(12)14-2;1-13-9(12)7-5-3-2-4-6(7)8(10)11/h2-8,13-14H,9-11H2,1H3,(H,17,19);2*9-10H,5-8H2,1-4H3,(H,14,16);3-4,7-8H,5-6H2,1-2H3;2-3,6-7H,4-5H2,1H3,(H,10,11)/t13-,14?;2*9-,10?;7-,8+;6-,7+/m010.1/s1. The Morgan fingerprint density at radius 3 is 1.08 bits per heavy atom. The van der Waals surface area contributed by atoms with E-state index in [1.54, 1.807) is 6.08 Å². The van der Waals surface area contributed by atoms with Gasteiger partial charge in [0.25, 0.3) is 0 Å². The molecule has 4 N–H and O–H groups in total. The zero-order valence-corrected chi connectivity index (χ0v) is 50.9. The van der Waals surface area contributed by atoms with Crippen LogP contribution in [-0.4, -0.2) is 137 Å². The van der Waals surface area contributed by atoms with Crippen molar-refractivity contribution in [2.24, 2.45) is 41.4 Å². The highest BCUT2D eigenvalue weighted by Gasteiger charge is 2.38. The molecule has 0 spiro atoms. The normalized spacial score (nSPS) is 24.0. The van der Waals surface area contributed by atoms with Crippen molar-refractivity contribution >= 4 is 60.1 Å². The van der Waals surface area contributed by atoms with Gasteiger partial charge in [0.05, 0.1) is 84.1 Å². The number of carbonyl (C=O) groups excluding carboxylic acids is 9. The summed E-state index contributed by atoms with van der Waals surface area (Å²) in [6.07, 6.45) is 20.0. The molecule has 3 unspecified atom stereocenters. The van der Waals surface area contributed by atoms with Crippen molar-refractivity contribution in [3.63, 3.8) is 0 Å². The van der Waals surface area contributed by atoms with E-state index >= 15 is 0 Å². The molecule has 6 rings (SSSR count). The van der Waals surface area contributed by atoms with Crippen molar-refractivity contribution in [2.45, 2.75) is 167 Å². The van der Waals surface area contributed by atoms with Gasteiger partial charge in [0.1, 0.15) is 17.8 Å². The Morgan fingerprint density at radius 2 is 0.714 bits per heavy atom. The van der Waals surface area contributed by atoms with Crippen molar-refractivity contribution in [1.29, 1.82) is 0 Å². The Morgan fingerprint density at radius 1 is 0.405 bits per heavy atom. The summed E-state index contributed by atoms with van der Waals surface area (Å²) in [4.78, 5) is 115. The minimum Gasteiger partial charge on any atom is -0.481 e. The summed E-state index contributed by atoms with van der Waals surface area (Å²) in [6, 6.07) is 8.79. The molecule has 5 aliphatic carbocycles. The quantitative estimate of drug-likeness (QED) is 0.0864. The maximum atomic E-state index is 11.8. The molecule has 23 nitrogen and oxygen atoms in total. The van der Waals surface area contributed by atoms with Gasteiger partial charge in [-0.3, -0.25) is 33.6 Å². The highest BCUT2D eigenvalue weighted by Crippen LogP contribution is 2.30. The van der Waals surface area contributed by atoms with Crippen LogP contribution < -0.4 is 16.0 Å². The molecule has 2 saturated carbocycles. The number of carboxylic acid groups (broad SMARTS) is 1. The fourth-order valence-corrected chi connectivity index (χ4v) is 9.83. The molecule has 1 aromatic carbocycles. The Bertz CT molecular complexity index is 2290. The van der Waals surface area contributed by atoms with Crippen LogP contribution in [0.1, 0.15) is 137 Å². The van der Waals surface area contributed by atoms with Crippen LogP contribution in [0.3, 0.4) is 0 Å². The molecule has 0 bridgehead atoms. The number of alkyl carbamates (subject to hydrolysis) is 3. The van der Waals surface area contributed by atoms with Crippen LogP contribution in [0.5, 0.6) is 0 Å². The van der Waals surface area contributed by atoms with Crippen molar-refractivity contribution in [3.8, 4) is 0 Å². The Hall–Kier alpha value is -7.46. The van der Waals surface area contributed by atoms with Crippen molar-refractivity contribution in [2.75, 3.05) is 42.7 Å². The SMILES string of the molecule is COC(=O)[C@@H]1CCCCC1NC(=O)OC(C)(C)C.COC(=O)[C@H]1CC=CCC1NC(=O)OCc1ccccc1.COC(=O)[C@H]1CC=CC[C@H]1C(=O)O.COC(=O)[C@H]1CC=CC[C@H]1C(=O)OC.COC(=O)[C@H]1CCCCC1NC(=O)OC(C)(C)C. The minimum absolute atomic E-state index is 0.180. The van der Waals surface area contributed by atoms with Crippen molar-refractivity contribution < 1.29 is 95.7 Å².